The first-order valence-electron chi connectivity index (χ1n) is 8.89. The lowest BCUT2D eigenvalue weighted by atomic mass is 9.72. The van der Waals surface area contributed by atoms with E-state index < -0.39 is 11.9 Å². The second kappa shape index (κ2) is 8.54. The van der Waals surface area contributed by atoms with Crippen LogP contribution in [0.4, 0.5) is 0 Å². The summed E-state index contributed by atoms with van der Waals surface area (Å²) in [7, 11) is 0. The Kier molecular flexibility index (Phi) is 7.37. The molecule has 0 radical (unpaired) electrons. The van der Waals surface area contributed by atoms with Crippen molar-refractivity contribution < 1.29 is 19.8 Å². The van der Waals surface area contributed by atoms with Gasteiger partial charge in [0.15, 0.2) is 0 Å². The topological polar surface area (TPSA) is 74.6 Å². The molecule has 2 aliphatic carbocycles. The molecule has 0 atom stereocenters. The molecule has 0 bridgehead atoms. The van der Waals surface area contributed by atoms with Crippen molar-refractivity contribution >= 4 is 11.9 Å². The van der Waals surface area contributed by atoms with E-state index in [1.54, 1.807) is 0 Å². The van der Waals surface area contributed by atoms with Crippen LogP contribution in [0.3, 0.4) is 0 Å². The number of rotatable bonds is 4. The summed E-state index contributed by atoms with van der Waals surface area (Å²) in [6, 6.07) is 0. The zero-order chi connectivity index (χ0) is 16.6. The summed E-state index contributed by atoms with van der Waals surface area (Å²) in [5, 5.41) is 18.0. The fraction of sp³-hybridized carbons (Fsp3) is 0.889. The Balaban J connectivity index is 0.000000220. The minimum atomic E-state index is -0.584. The third kappa shape index (κ3) is 4.47. The maximum Gasteiger partial charge on any atom is 0.309 e. The van der Waals surface area contributed by atoms with E-state index in [1.165, 1.54) is 12.8 Å². The molecule has 0 spiro atoms. The monoisotopic (exact) mass is 312 g/mol. The van der Waals surface area contributed by atoms with Gasteiger partial charge in [-0.2, -0.15) is 0 Å². The van der Waals surface area contributed by atoms with Crippen molar-refractivity contribution in [3.8, 4) is 0 Å². The van der Waals surface area contributed by atoms with Gasteiger partial charge in [0.1, 0.15) is 0 Å². The lowest BCUT2D eigenvalue weighted by molar-refractivity contribution is -0.152. The van der Waals surface area contributed by atoms with Crippen molar-refractivity contribution in [2.24, 2.45) is 10.8 Å². The summed E-state index contributed by atoms with van der Waals surface area (Å²) in [4.78, 5) is 21.8. The van der Waals surface area contributed by atoms with Crippen LogP contribution in [0.2, 0.25) is 0 Å². The smallest absolute Gasteiger partial charge is 0.309 e. The number of carbonyl (C=O) groups is 2. The Labute approximate surface area is 134 Å². The van der Waals surface area contributed by atoms with E-state index >= 15 is 0 Å². The average molecular weight is 312 g/mol. The highest BCUT2D eigenvalue weighted by molar-refractivity contribution is 5.75. The lowest BCUT2D eigenvalue weighted by Crippen LogP contribution is -2.32. The molecule has 2 N–H and O–H groups in total. The molecule has 128 valence electrons. The van der Waals surface area contributed by atoms with Crippen LogP contribution in [0.15, 0.2) is 0 Å². The average Bonchev–Trinajstić information content (AvgIpc) is 2.56. The van der Waals surface area contributed by atoms with Gasteiger partial charge in [-0.15, -0.1) is 0 Å². The van der Waals surface area contributed by atoms with E-state index in [0.717, 1.165) is 64.2 Å². The van der Waals surface area contributed by atoms with Crippen LogP contribution in [-0.2, 0) is 9.59 Å². The number of hydrogen-bond donors (Lipinski definition) is 2. The van der Waals surface area contributed by atoms with Gasteiger partial charge in [-0.25, -0.2) is 0 Å². The second-order valence-corrected chi connectivity index (χ2v) is 7.00. The third-order valence-electron chi connectivity index (χ3n) is 5.88. The predicted octanol–water partition coefficient (Wildman–Crippen LogP) is 4.86. The van der Waals surface area contributed by atoms with E-state index in [-0.39, 0.29) is 10.8 Å². The molecule has 2 aliphatic rings. The zero-order valence-corrected chi connectivity index (χ0v) is 14.2. The van der Waals surface area contributed by atoms with Crippen LogP contribution in [0.1, 0.15) is 90.9 Å². The summed E-state index contributed by atoms with van der Waals surface area (Å²) in [5.41, 5.74) is -0.726. The molecule has 0 saturated heterocycles. The molecule has 4 heteroatoms. The van der Waals surface area contributed by atoms with Crippen molar-refractivity contribution in [3.63, 3.8) is 0 Å². The first-order valence-corrected chi connectivity index (χ1v) is 8.89. The van der Waals surface area contributed by atoms with Gasteiger partial charge in [-0.1, -0.05) is 52.4 Å². The van der Waals surface area contributed by atoms with Gasteiger partial charge in [0.05, 0.1) is 10.8 Å². The second-order valence-electron chi connectivity index (χ2n) is 7.00. The molecule has 0 aromatic heterocycles. The molecule has 22 heavy (non-hydrogen) atoms. The van der Waals surface area contributed by atoms with E-state index in [2.05, 4.69) is 0 Å². The normalized spacial score (nSPS) is 23.0. The van der Waals surface area contributed by atoms with Crippen molar-refractivity contribution in [1.29, 1.82) is 0 Å². The summed E-state index contributed by atoms with van der Waals surface area (Å²) in [5.74, 6) is -1.17. The van der Waals surface area contributed by atoms with Crippen LogP contribution in [0.5, 0.6) is 0 Å². The maximum atomic E-state index is 10.9. The molecule has 0 aliphatic heterocycles. The van der Waals surface area contributed by atoms with Gasteiger partial charge in [0.2, 0.25) is 0 Å². The van der Waals surface area contributed by atoms with Crippen LogP contribution < -0.4 is 0 Å². The van der Waals surface area contributed by atoms with Crippen molar-refractivity contribution in [3.05, 3.63) is 0 Å². The Bertz CT molecular complexity index is 327. The zero-order valence-electron chi connectivity index (χ0n) is 14.2. The predicted molar refractivity (Wildman–Crippen MR) is 86.9 cm³/mol. The summed E-state index contributed by atoms with van der Waals surface area (Å²) in [6.07, 6.45) is 12.0. The molecule has 0 unspecified atom stereocenters. The number of carboxylic acids is 2. The number of hydrogen-bond acceptors (Lipinski definition) is 2. The first-order chi connectivity index (χ1) is 10.4. The standard InChI is InChI=1S/2C9H16O2/c2*1-2-9(8(10)11)6-4-3-5-7-9/h2*2-7H2,1H3,(H,10,11). The molecular weight excluding hydrogens is 280 g/mol. The van der Waals surface area contributed by atoms with Gasteiger partial charge in [-0.05, 0) is 38.5 Å². The Morgan fingerprint density at radius 1 is 0.682 bits per heavy atom. The molecule has 2 fully saturated rings. The van der Waals surface area contributed by atoms with E-state index in [1.807, 2.05) is 13.8 Å². The minimum absolute atomic E-state index is 0.363. The molecule has 0 aromatic rings. The quantitative estimate of drug-likeness (QED) is 0.777. The Hall–Kier alpha value is -1.06. The molecule has 2 rings (SSSR count). The summed E-state index contributed by atoms with van der Waals surface area (Å²) >= 11 is 0. The van der Waals surface area contributed by atoms with Crippen molar-refractivity contribution in [2.75, 3.05) is 0 Å². The minimum Gasteiger partial charge on any atom is -0.481 e. The van der Waals surface area contributed by atoms with E-state index in [4.69, 9.17) is 10.2 Å². The van der Waals surface area contributed by atoms with Crippen LogP contribution >= 0.6 is 0 Å². The molecule has 4 nitrogen and oxygen atoms in total. The highest BCUT2D eigenvalue weighted by Gasteiger charge is 2.38. The largest absolute Gasteiger partial charge is 0.481 e. The van der Waals surface area contributed by atoms with Crippen LogP contribution in [0.25, 0.3) is 0 Å². The third-order valence-corrected chi connectivity index (χ3v) is 5.88. The van der Waals surface area contributed by atoms with E-state index in [0.29, 0.717) is 0 Å². The summed E-state index contributed by atoms with van der Waals surface area (Å²) in [6.45, 7) is 3.97. The number of aliphatic carboxylic acids is 2. The van der Waals surface area contributed by atoms with Gasteiger partial charge < -0.3 is 10.2 Å². The SMILES string of the molecule is CCC1(C(=O)O)CCCCC1.CCC1(C(=O)O)CCCCC1. The molecule has 2 saturated carbocycles. The van der Waals surface area contributed by atoms with Gasteiger partial charge >= 0.3 is 11.9 Å². The number of carboxylic acid groups (broad SMARTS) is 2. The Morgan fingerprint density at radius 3 is 1.09 bits per heavy atom. The van der Waals surface area contributed by atoms with Crippen molar-refractivity contribution in [2.45, 2.75) is 90.9 Å². The fourth-order valence-electron chi connectivity index (χ4n) is 3.89. The van der Waals surface area contributed by atoms with Gasteiger partial charge in [-0.3, -0.25) is 9.59 Å². The highest BCUT2D eigenvalue weighted by atomic mass is 16.4. The van der Waals surface area contributed by atoms with Crippen LogP contribution in [-0.4, -0.2) is 22.2 Å². The van der Waals surface area contributed by atoms with Gasteiger partial charge in [0.25, 0.3) is 0 Å². The molecule has 0 heterocycles. The van der Waals surface area contributed by atoms with Gasteiger partial charge in [0, 0.05) is 0 Å². The molecular formula is C18H32O4. The van der Waals surface area contributed by atoms with E-state index in [9.17, 15) is 9.59 Å². The molecule has 0 aromatic carbocycles. The lowest BCUT2D eigenvalue weighted by Gasteiger charge is -2.31. The Morgan fingerprint density at radius 2 is 0.955 bits per heavy atom. The van der Waals surface area contributed by atoms with Crippen LogP contribution in [0, 0.1) is 10.8 Å². The fourth-order valence-corrected chi connectivity index (χ4v) is 3.89. The highest BCUT2D eigenvalue weighted by Crippen LogP contribution is 2.39. The van der Waals surface area contributed by atoms with Crippen molar-refractivity contribution in [1.82, 2.24) is 0 Å². The molecule has 0 amide bonds. The summed E-state index contributed by atoms with van der Waals surface area (Å²) < 4.78 is 0. The maximum absolute atomic E-state index is 10.9. The first kappa shape index (κ1) is 19.0.